The molecule has 0 aromatic carbocycles. The number of thioether (sulfide) groups is 1. The smallest absolute Gasteiger partial charge is 0.161 e. The highest BCUT2D eigenvalue weighted by atomic mass is 32.2. The number of ether oxygens (including phenoxy) is 1. The molecule has 112 valence electrons. The molecular weight excluding hydrogens is 268 g/mol. The minimum atomic E-state index is 0.0368. The van der Waals surface area contributed by atoms with Crippen LogP contribution in [0, 0.1) is 5.92 Å². The van der Waals surface area contributed by atoms with Gasteiger partial charge >= 0.3 is 0 Å². The zero-order valence-electron chi connectivity index (χ0n) is 12.4. The van der Waals surface area contributed by atoms with Gasteiger partial charge < -0.3 is 4.74 Å². The van der Waals surface area contributed by atoms with E-state index in [0.29, 0.717) is 5.78 Å². The molecule has 2 heterocycles. The number of hydrogen-bond acceptors (Lipinski definition) is 3. The van der Waals surface area contributed by atoms with E-state index in [4.69, 9.17) is 4.74 Å². The molecule has 0 N–H and O–H groups in total. The molecule has 2 fully saturated rings. The zero-order valence-corrected chi connectivity index (χ0v) is 13.2. The van der Waals surface area contributed by atoms with E-state index in [1.165, 1.54) is 30.8 Å². The SMILES string of the molecule is O=C(C1=CCCCCC1)C1CCOC2(CCSCC2)C1. The predicted molar refractivity (Wildman–Crippen MR) is 84.1 cm³/mol. The minimum absolute atomic E-state index is 0.0368. The molecule has 2 aliphatic heterocycles. The Labute approximate surface area is 126 Å². The molecule has 0 radical (unpaired) electrons. The summed E-state index contributed by atoms with van der Waals surface area (Å²) < 4.78 is 6.11. The van der Waals surface area contributed by atoms with Crippen LogP contribution in [0.15, 0.2) is 11.6 Å². The van der Waals surface area contributed by atoms with E-state index in [1.807, 2.05) is 11.8 Å². The van der Waals surface area contributed by atoms with Crippen molar-refractivity contribution in [3.63, 3.8) is 0 Å². The van der Waals surface area contributed by atoms with Crippen LogP contribution in [0.25, 0.3) is 0 Å². The number of rotatable bonds is 2. The minimum Gasteiger partial charge on any atom is -0.375 e. The van der Waals surface area contributed by atoms with Gasteiger partial charge in [0.15, 0.2) is 5.78 Å². The maximum absolute atomic E-state index is 12.8. The van der Waals surface area contributed by atoms with Gasteiger partial charge in [-0.3, -0.25) is 4.79 Å². The van der Waals surface area contributed by atoms with Gasteiger partial charge in [-0.25, -0.2) is 0 Å². The first-order valence-corrected chi connectivity index (χ1v) is 9.40. The summed E-state index contributed by atoms with van der Waals surface area (Å²) in [5.74, 6) is 3.08. The lowest BCUT2D eigenvalue weighted by Crippen LogP contribution is -2.44. The second-order valence-corrected chi connectivity index (χ2v) is 7.75. The van der Waals surface area contributed by atoms with Gasteiger partial charge in [-0.1, -0.05) is 12.5 Å². The molecule has 3 rings (SSSR count). The number of hydrogen-bond donors (Lipinski definition) is 0. The fourth-order valence-electron chi connectivity index (χ4n) is 3.84. The van der Waals surface area contributed by atoms with Crippen LogP contribution in [0.4, 0.5) is 0 Å². The molecule has 20 heavy (non-hydrogen) atoms. The van der Waals surface area contributed by atoms with Gasteiger partial charge in [0.25, 0.3) is 0 Å². The number of Topliss-reactive ketones (excluding diaryl/α,β-unsaturated/α-hetero) is 1. The van der Waals surface area contributed by atoms with Crippen molar-refractivity contribution in [3.8, 4) is 0 Å². The third-order valence-corrected chi connectivity index (χ3v) is 6.11. The van der Waals surface area contributed by atoms with E-state index in [-0.39, 0.29) is 11.5 Å². The molecule has 2 saturated heterocycles. The first-order chi connectivity index (χ1) is 9.79. The molecule has 3 aliphatic rings. The Morgan fingerprint density at radius 2 is 2.10 bits per heavy atom. The van der Waals surface area contributed by atoms with Crippen LogP contribution in [-0.2, 0) is 9.53 Å². The Hall–Kier alpha value is -0.280. The van der Waals surface area contributed by atoms with Gasteiger partial charge in [0, 0.05) is 12.5 Å². The molecule has 0 aromatic rings. The summed E-state index contributed by atoms with van der Waals surface area (Å²) >= 11 is 2.03. The van der Waals surface area contributed by atoms with Crippen LogP contribution in [0.3, 0.4) is 0 Å². The third kappa shape index (κ3) is 3.30. The van der Waals surface area contributed by atoms with Crippen molar-refractivity contribution < 1.29 is 9.53 Å². The standard InChI is InChI=1S/C17H26O2S/c18-16(14-5-3-1-2-4-6-14)15-7-10-19-17(13-15)8-11-20-12-9-17/h5,15H,1-4,6-13H2. The highest BCUT2D eigenvalue weighted by molar-refractivity contribution is 7.99. The lowest BCUT2D eigenvalue weighted by atomic mass is 9.78. The maximum Gasteiger partial charge on any atom is 0.161 e. The summed E-state index contributed by atoms with van der Waals surface area (Å²) in [4.78, 5) is 12.8. The van der Waals surface area contributed by atoms with E-state index in [1.54, 1.807) is 0 Å². The Morgan fingerprint density at radius 3 is 2.95 bits per heavy atom. The van der Waals surface area contributed by atoms with Crippen LogP contribution < -0.4 is 0 Å². The van der Waals surface area contributed by atoms with Crippen LogP contribution in [-0.4, -0.2) is 29.5 Å². The molecule has 1 spiro atoms. The number of carbonyl (C=O) groups is 1. The predicted octanol–water partition coefficient (Wildman–Crippen LogP) is 4.14. The molecular formula is C17H26O2S. The lowest BCUT2D eigenvalue weighted by Gasteiger charge is -2.43. The molecule has 1 atom stereocenters. The zero-order chi connectivity index (χ0) is 13.8. The second kappa shape index (κ2) is 6.65. The largest absolute Gasteiger partial charge is 0.375 e. The average molecular weight is 294 g/mol. The highest BCUT2D eigenvalue weighted by Crippen LogP contribution is 2.41. The van der Waals surface area contributed by atoms with Gasteiger partial charge in [-0.2, -0.15) is 11.8 Å². The average Bonchev–Trinajstić information content (AvgIpc) is 2.76. The van der Waals surface area contributed by atoms with E-state index in [2.05, 4.69) is 6.08 Å². The van der Waals surface area contributed by atoms with Crippen molar-refractivity contribution in [1.29, 1.82) is 0 Å². The van der Waals surface area contributed by atoms with Crippen LogP contribution >= 0.6 is 11.8 Å². The normalized spacial score (nSPS) is 30.6. The molecule has 3 heteroatoms. The van der Waals surface area contributed by atoms with Gasteiger partial charge in [0.2, 0.25) is 0 Å². The Kier molecular flexibility index (Phi) is 4.87. The Morgan fingerprint density at radius 1 is 1.25 bits per heavy atom. The van der Waals surface area contributed by atoms with Crippen molar-refractivity contribution in [3.05, 3.63) is 11.6 Å². The molecule has 0 bridgehead atoms. The van der Waals surface area contributed by atoms with E-state index in [9.17, 15) is 4.79 Å². The summed E-state index contributed by atoms with van der Waals surface area (Å²) in [5.41, 5.74) is 1.17. The summed E-state index contributed by atoms with van der Waals surface area (Å²) in [7, 11) is 0. The van der Waals surface area contributed by atoms with Crippen molar-refractivity contribution >= 4 is 17.5 Å². The van der Waals surface area contributed by atoms with Crippen molar-refractivity contribution in [2.24, 2.45) is 5.92 Å². The van der Waals surface area contributed by atoms with Crippen molar-refractivity contribution in [2.45, 2.75) is 63.4 Å². The lowest BCUT2D eigenvalue weighted by molar-refractivity contribution is -0.135. The quantitative estimate of drug-likeness (QED) is 0.765. The van der Waals surface area contributed by atoms with Crippen LogP contribution in [0.2, 0.25) is 0 Å². The van der Waals surface area contributed by atoms with Gasteiger partial charge in [-0.15, -0.1) is 0 Å². The number of ketones is 1. The van der Waals surface area contributed by atoms with Crippen molar-refractivity contribution in [2.75, 3.05) is 18.1 Å². The fourth-order valence-corrected chi connectivity index (χ4v) is 5.08. The molecule has 2 nitrogen and oxygen atoms in total. The van der Waals surface area contributed by atoms with Crippen molar-refractivity contribution in [1.82, 2.24) is 0 Å². The summed E-state index contributed by atoms with van der Waals surface area (Å²) in [5, 5.41) is 0. The van der Waals surface area contributed by atoms with Gasteiger partial charge in [0.05, 0.1) is 5.60 Å². The topological polar surface area (TPSA) is 26.3 Å². The monoisotopic (exact) mass is 294 g/mol. The summed E-state index contributed by atoms with van der Waals surface area (Å²) in [6, 6.07) is 0. The number of carbonyl (C=O) groups excluding carboxylic acids is 1. The first kappa shape index (κ1) is 14.6. The Bertz CT molecular complexity index is 377. The maximum atomic E-state index is 12.8. The van der Waals surface area contributed by atoms with E-state index < -0.39 is 0 Å². The van der Waals surface area contributed by atoms with E-state index in [0.717, 1.165) is 50.7 Å². The number of allylic oxidation sites excluding steroid dienone is 2. The van der Waals surface area contributed by atoms with E-state index >= 15 is 0 Å². The highest BCUT2D eigenvalue weighted by Gasteiger charge is 2.41. The molecule has 1 unspecified atom stereocenters. The van der Waals surface area contributed by atoms with Crippen LogP contribution in [0.5, 0.6) is 0 Å². The van der Waals surface area contributed by atoms with Crippen LogP contribution in [0.1, 0.15) is 57.8 Å². The first-order valence-electron chi connectivity index (χ1n) is 8.24. The van der Waals surface area contributed by atoms with Gasteiger partial charge in [-0.05, 0) is 68.4 Å². The molecule has 1 aliphatic carbocycles. The fraction of sp³-hybridized carbons (Fsp3) is 0.824. The molecule has 0 amide bonds. The molecule has 0 saturated carbocycles. The van der Waals surface area contributed by atoms with Gasteiger partial charge in [0.1, 0.15) is 0 Å². The summed E-state index contributed by atoms with van der Waals surface area (Å²) in [6.45, 7) is 0.786. The third-order valence-electron chi connectivity index (χ3n) is 5.13. The second-order valence-electron chi connectivity index (χ2n) is 6.53. The summed E-state index contributed by atoms with van der Waals surface area (Å²) in [6.07, 6.45) is 12.3. The Balaban J connectivity index is 1.66. The molecule has 0 aromatic heterocycles.